The molecule has 3 N–H and O–H groups in total. The van der Waals surface area contributed by atoms with Crippen molar-refractivity contribution in [3.8, 4) is 5.75 Å². The summed E-state index contributed by atoms with van der Waals surface area (Å²) in [5, 5.41) is 11.8. The lowest BCUT2D eigenvalue weighted by Crippen LogP contribution is -2.83. The van der Waals surface area contributed by atoms with E-state index in [4.69, 9.17) is 4.74 Å². The number of nitrogens with two attached hydrogens (primary N) is 1. The number of rotatable bonds is 6. The van der Waals surface area contributed by atoms with Crippen LogP contribution in [0.2, 0.25) is 0 Å². The Morgan fingerprint density at radius 2 is 1.76 bits per heavy atom. The Morgan fingerprint density at radius 3 is 2.44 bits per heavy atom. The van der Waals surface area contributed by atoms with E-state index in [-0.39, 0.29) is 11.0 Å². The maximum absolute atomic E-state index is 9.39. The summed E-state index contributed by atoms with van der Waals surface area (Å²) in [6.45, 7) is 7.30. The molecule has 0 amide bonds. The van der Waals surface area contributed by atoms with Crippen molar-refractivity contribution in [2.45, 2.75) is 50.7 Å². The molecule has 1 fully saturated rings. The van der Waals surface area contributed by atoms with Gasteiger partial charge in [0.05, 0.1) is 12.1 Å². The zero-order valence-corrected chi connectivity index (χ0v) is 15.4. The second kappa shape index (κ2) is 7.59. The highest BCUT2D eigenvalue weighted by molar-refractivity contribution is 5.27. The van der Waals surface area contributed by atoms with Gasteiger partial charge in [-0.1, -0.05) is 30.3 Å². The lowest BCUT2D eigenvalue weighted by Gasteiger charge is -2.45. The first-order valence-electron chi connectivity index (χ1n) is 9.28. The van der Waals surface area contributed by atoms with Gasteiger partial charge in [0.25, 0.3) is 0 Å². The van der Waals surface area contributed by atoms with Gasteiger partial charge < -0.3 is 15.2 Å². The van der Waals surface area contributed by atoms with Crippen LogP contribution in [0.5, 0.6) is 5.75 Å². The first kappa shape index (κ1) is 18.0. The van der Waals surface area contributed by atoms with Gasteiger partial charge in [0.2, 0.25) is 0 Å². The van der Waals surface area contributed by atoms with Crippen LogP contribution in [0, 0.1) is 0 Å². The van der Waals surface area contributed by atoms with E-state index in [0.29, 0.717) is 5.75 Å². The maximum Gasteiger partial charge on any atom is 0.115 e. The number of aromatic hydroxyl groups is 1. The van der Waals surface area contributed by atoms with Gasteiger partial charge in [0.15, 0.2) is 0 Å². The molecule has 1 atom stereocenters. The van der Waals surface area contributed by atoms with Crippen molar-refractivity contribution in [3.05, 3.63) is 65.7 Å². The average molecular weight is 340 g/mol. The van der Waals surface area contributed by atoms with Crippen LogP contribution in [0.15, 0.2) is 54.6 Å². The summed E-state index contributed by atoms with van der Waals surface area (Å²) in [4.78, 5) is 0. The molecule has 3 rings (SSSR count). The molecule has 0 spiro atoms. The summed E-state index contributed by atoms with van der Waals surface area (Å²) >= 11 is 0. The molecule has 0 unspecified atom stereocenters. The third-order valence-electron chi connectivity index (χ3n) is 5.37. The van der Waals surface area contributed by atoms with Crippen LogP contribution < -0.4 is 5.32 Å². The van der Waals surface area contributed by atoms with Gasteiger partial charge in [0, 0.05) is 24.0 Å². The average Bonchev–Trinajstić information content (AvgIpc) is 2.60. The second-order valence-corrected chi connectivity index (χ2v) is 7.88. The molecular formula is C22H30NO2+. The fourth-order valence-corrected chi connectivity index (χ4v) is 4.15. The highest BCUT2D eigenvalue weighted by Crippen LogP contribution is 2.43. The van der Waals surface area contributed by atoms with Gasteiger partial charge in [0.1, 0.15) is 12.3 Å². The quantitative estimate of drug-likeness (QED) is 0.792. The van der Waals surface area contributed by atoms with E-state index >= 15 is 0 Å². The molecule has 3 nitrogen and oxygen atoms in total. The van der Waals surface area contributed by atoms with E-state index in [1.165, 1.54) is 11.1 Å². The SMILES string of the molecule is CC1(C)C[C@](CC[NH2+]Cc2ccc(O)cc2)(c2ccccc2)CCO1. The van der Waals surface area contributed by atoms with Gasteiger partial charge in [-0.05, 0) is 56.5 Å². The maximum atomic E-state index is 9.39. The van der Waals surface area contributed by atoms with Crippen LogP contribution in [-0.4, -0.2) is 23.9 Å². The van der Waals surface area contributed by atoms with E-state index in [1.54, 1.807) is 12.1 Å². The zero-order chi connectivity index (χ0) is 17.8. The Hall–Kier alpha value is -1.84. The fraction of sp³-hybridized carbons (Fsp3) is 0.455. The molecule has 0 bridgehead atoms. The molecule has 1 aliphatic heterocycles. The number of hydrogen-bond acceptors (Lipinski definition) is 2. The minimum Gasteiger partial charge on any atom is -0.508 e. The molecule has 1 heterocycles. The number of ether oxygens (including phenoxy) is 1. The van der Waals surface area contributed by atoms with E-state index in [0.717, 1.165) is 39.0 Å². The zero-order valence-electron chi connectivity index (χ0n) is 15.4. The predicted molar refractivity (Wildman–Crippen MR) is 101 cm³/mol. The summed E-state index contributed by atoms with van der Waals surface area (Å²) in [7, 11) is 0. The van der Waals surface area contributed by atoms with E-state index in [2.05, 4.69) is 49.5 Å². The van der Waals surface area contributed by atoms with Crippen molar-refractivity contribution in [3.63, 3.8) is 0 Å². The monoisotopic (exact) mass is 340 g/mol. The van der Waals surface area contributed by atoms with Crippen molar-refractivity contribution in [2.24, 2.45) is 0 Å². The molecule has 0 radical (unpaired) electrons. The first-order valence-corrected chi connectivity index (χ1v) is 9.28. The van der Waals surface area contributed by atoms with Crippen LogP contribution in [0.4, 0.5) is 0 Å². The standard InChI is InChI=1S/C22H29NO2/c1-21(2)17-22(13-15-25-21,19-6-4-3-5-7-19)12-14-23-16-18-8-10-20(24)11-9-18/h3-11,23-24H,12-17H2,1-2H3/p+1/t22-/m1/s1. The van der Waals surface area contributed by atoms with Crippen molar-refractivity contribution in [1.82, 2.24) is 0 Å². The molecular weight excluding hydrogens is 310 g/mol. The minimum absolute atomic E-state index is 0.0644. The molecule has 0 saturated carbocycles. The van der Waals surface area contributed by atoms with Crippen LogP contribution >= 0.6 is 0 Å². The number of phenols is 1. The molecule has 2 aromatic carbocycles. The van der Waals surface area contributed by atoms with E-state index in [1.807, 2.05) is 12.1 Å². The number of phenolic OH excluding ortho intramolecular Hbond substituents is 1. The Bertz CT molecular complexity index is 666. The topological polar surface area (TPSA) is 46.1 Å². The fourth-order valence-electron chi connectivity index (χ4n) is 4.15. The summed E-state index contributed by atoms with van der Waals surface area (Å²) in [5.74, 6) is 0.330. The van der Waals surface area contributed by atoms with Crippen molar-refractivity contribution >= 4 is 0 Å². The Balaban J connectivity index is 1.65. The minimum atomic E-state index is -0.0644. The molecule has 1 aliphatic rings. The number of hydrogen-bond donors (Lipinski definition) is 2. The Kier molecular flexibility index (Phi) is 5.45. The number of quaternary nitrogens is 1. The molecule has 1 saturated heterocycles. The van der Waals surface area contributed by atoms with Crippen LogP contribution in [-0.2, 0) is 16.7 Å². The van der Waals surface area contributed by atoms with Gasteiger partial charge >= 0.3 is 0 Å². The highest BCUT2D eigenvalue weighted by Gasteiger charge is 2.42. The smallest absolute Gasteiger partial charge is 0.115 e. The summed E-state index contributed by atoms with van der Waals surface area (Å²) < 4.78 is 6.00. The summed E-state index contributed by atoms with van der Waals surface area (Å²) in [6.07, 6.45) is 3.31. The van der Waals surface area contributed by atoms with Gasteiger partial charge in [-0.15, -0.1) is 0 Å². The van der Waals surface area contributed by atoms with Crippen molar-refractivity contribution < 1.29 is 15.2 Å². The lowest BCUT2D eigenvalue weighted by molar-refractivity contribution is -0.672. The van der Waals surface area contributed by atoms with Gasteiger partial charge in [-0.3, -0.25) is 0 Å². The largest absolute Gasteiger partial charge is 0.508 e. The van der Waals surface area contributed by atoms with Crippen molar-refractivity contribution in [2.75, 3.05) is 13.2 Å². The van der Waals surface area contributed by atoms with Gasteiger partial charge in [-0.25, -0.2) is 0 Å². The molecule has 0 aromatic heterocycles. The Labute approximate surface area is 151 Å². The first-order chi connectivity index (χ1) is 12.0. The third kappa shape index (κ3) is 4.62. The predicted octanol–water partition coefficient (Wildman–Crippen LogP) is 3.37. The molecule has 0 aliphatic carbocycles. The van der Waals surface area contributed by atoms with Crippen LogP contribution in [0.25, 0.3) is 0 Å². The van der Waals surface area contributed by atoms with Crippen LogP contribution in [0.3, 0.4) is 0 Å². The number of benzene rings is 2. The summed E-state index contributed by atoms with van der Waals surface area (Å²) in [5.41, 5.74) is 2.84. The molecule has 3 heteroatoms. The second-order valence-electron chi connectivity index (χ2n) is 7.88. The van der Waals surface area contributed by atoms with E-state index in [9.17, 15) is 5.11 Å². The van der Waals surface area contributed by atoms with Crippen molar-refractivity contribution in [1.29, 1.82) is 0 Å². The molecule has 134 valence electrons. The Morgan fingerprint density at radius 1 is 1.04 bits per heavy atom. The van der Waals surface area contributed by atoms with Crippen LogP contribution in [0.1, 0.15) is 44.2 Å². The van der Waals surface area contributed by atoms with Gasteiger partial charge in [-0.2, -0.15) is 0 Å². The third-order valence-corrected chi connectivity index (χ3v) is 5.37. The lowest BCUT2D eigenvalue weighted by atomic mass is 9.67. The molecule has 25 heavy (non-hydrogen) atoms. The molecule has 2 aromatic rings. The summed E-state index contributed by atoms with van der Waals surface area (Å²) in [6, 6.07) is 18.5. The normalized spacial score (nSPS) is 22.6. The highest BCUT2D eigenvalue weighted by atomic mass is 16.5. The van der Waals surface area contributed by atoms with E-state index < -0.39 is 0 Å².